The topological polar surface area (TPSA) is 96.0 Å². The molecule has 7 nitrogen and oxygen atoms in total. The van der Waals surface area contributed by atoms with E-state index in [0.29, 0.717) is 40.9 Å². The van der Waals surface area contributed by atoms with Gasteiger partial charge in [0.15, 0.2) is 23.0 Å². The van der Waals surface area contributed by atoms with Crippen molar-refractivity contribution in [1.82, 2.24) is 0 Å². The number of nitrogens with zero attached hydrogens (tertiary/aromatic N) is 1. The molecule has 144 valence electrons. The van der Waals surface area contributed by atoms with Crippen molar-refractivity contribution in [2.75, 3.05) is 20.5 Å². The quantitative estimate of drug-likeness (QED) is 0.765. The minimum absolute atomic E-state index is 0.0543. The molecule has 2 aliphatic rings. The second-order valence-corrected chi connectivity index (χ2v) is 6.98. The van der Waals surface area contributed by atoms with E-state index >= 15 is 0 Å². The summed E-state index contributed by atoms with van der Waals surface area (Å²) in [5, 5.41) is 9.77. The lowest BCUT2D eigenvalue weighted by Crippen LogP contribution is -2.21. The van der Waals surface area contributed by atoms with Gasteiger partial charge >= 0.3 is 0 Å². The maximum absolute atomic E-state index is 9.77. The zero-order chi connectivity index (χ0) is 19.8. The molecule has 2 aliphatic heterocycles. The number of nitriles is 1. The number of ether oxygens (including phenoxy) is 5. The van der Waals surface area contributed by atoms with Crippen LogP contribution >= 0.6 is 15.9 Å². The van der Waals surface area contributed by atoms with Crippen LogP contribution in [0.3, 0.4) is 0 Å². The van der Waals surface area contributed by atoms with Gasteiger partial charge < -0.3 is 29.4 Å². The predicted octanol–water partition coefficient (Wildman–Crippen LogP) is 3.80. The molecule has 0 amide bonds. The maximum Gasteiger partial charge on any atom is 0.231 e. The van der Waals surface area contributed by atoms with Gasteiger partial charge in [0, 0.05) is 16.1 Å². The Hall–Kier alpha value is -3.05. The van der Waals surface area contributed by atoms with Crippen molar-refractivity contribution in [3.8, 4) is 34.8 Å². The summed E-state index contributed by atoms with van der Waals surface area (Å²) >= 11 is 3.60. The van der Waals surface area contributed by atoms with E-state index in [1.807, 2.05) is 25.1 Å². The SMILES string of the molecule is CCOc1cc(Br)c(C2C(C#N)=C(N)Oc3cc4c(cc32)OCO4)cc1OC. The average Bonchev–Trinajstić information content (AvgIpc) is 3.13. The molecule has 0 saturated heterocycles. The minimum atomic E-state index is -0.470. The van der Waals surface area contributed by atoms with Gasteiger partial charge in [0.1, 0.15) is 17.4 Å². The number of allylic oxidation sites excluding steroid dienone is 1. The Morgan fingerprint density at radius 1 is 1.14 bits per heavy atom. The van der Waals surface area contributed by atoms with Crippen molar-refractivity contribution in [2.45, 2.75) is 12.8 Å². The number of fused-ring (bicyclic) bond motifs is 2. The van der Waals surface area contributed by atoms with Gasteiger partial charge in [-0.2, -0.15) is 5.26 Å². The zero-order valence-corrected chi connectivity index (χ0v) is 16.8. The molecule has 0 radical (unpaired) electrons. The Kier molecular flexibility index (Phi) is 4.69. The van der Waals surface area contributed by atoms with E-state index in [2.05, 4.69) is 22.0 Å². The summed E-state index contributed by atoms with van der Waals surface area (Å²) in [5.41, 5.74) is 7.92. The molecule has 28 heavy (non-hydrogen) atoms. The van der Waals surface area contributed by atoms with E-state index in [1.165, 1.54) is 0 Å². The van der Waals surface area contributed by atoms with Crippen LogP contribution in [0.1, 0.15) is 24.0 Å². The Morgan fingerprint density at radius 3 is 2.57 bits per heavy atom. The van der Waals surface area contributed by atoms with Crippen LogP contribution in [-0.2, 0) is 0 Å². The first kappa shape index (κ1) is 18.3. The van der Waals surface area contributed by atoms with Crippen LogP contribution in [0.5, 0.6) is 28.7 Å². The molecule has 0 spiro atoms. The number of methoxy groups -OCH3 is 1. The van der Waals surface area contributed by atoms with Gasteiger partial charge in [-0.25, -0.2) is 0 Å². The highest BCUT2D eigenvalue weighted by molar-refractivity contribution is 9.10. The molecule has 4 rings (SSSR count). The van der Waals surface area contributed by atoms with Crippen LogP contribution in [0.4, 0.5) is 0 Å². The van der Waals surface area contributed by atoms with Crippen LogP contribution in [0.25, 0.3) is 0 Å². The second kappa shape index (κ2) is 7.17. The first-order chi connectivity index (χ1) is 13.6. The molecular formula is C20H17BrN2O5. The smallest absolute Gasteiger partial charge is 0.231 e. The van der Waals surface area contributed by atoms with E-state index in [4.69, 9.17) is 29.4 Å². The highest BCUT2D eigenvalue weighted by atomic mass is 79.9. The van der Waals surface area contributed by atoms with Gasteiger partial charge in [-0.15, -0.1) is 0 Å². The van der Waals surface area contributed by atoms with Crippen molar-refractivity contribution in [3.05, 3.63) is 51.3 Å². The summed E-state index contributed by atoms with van der Waals surface area (Å²) in [7, 11) is 1.57. The highest BCUT2D eigenvalue weighted by Crippen LogP contribution is 2.50. The Morgan fingerprint density at radius 2 is 1.89 bits per heavy atom. The molecule has 2 N–H and O–H groups in total. The summed E-state index contributed by atoms with van der Waals surface area (Å²) in [6.45, 7) is 2.54. The van der Waals surface area contributed by atoms with Gasteiger partial charge in [-0.3, -0.25) is 0 Å². The molecule has 1 unspecified atom stereocenters. The lowest BCUT2D eigenvalue weighted by molar-refractivity contribution is 0.174. The molecule has 0 fully saturated rings. The monoisotopic (exact) mass is 444 g/mol. The fraction of sp³-hybridized carbons (Fsp3) is 0.250. The van der Waals surface area contributed by atoms with Gasteiger partial charge in [0.05, 0.1) is 19.6 Å². The van der Waals surface area contributed by atoms with Crippen LogP contribution in [-0.4, -0.2) is 20.5 Å². The molecule has 0 aliphatic carbocycles. The zero-order valence-electron chi connectivity index (χ0n) is 15.2. The maximum atomic E-state index is 9.77. The molecule has 8 heteroatoms. The van der Waals surface area contributed by atoms with Gasteiger partial charge in [-0.05, 0) is 30.7 Å². The Labute approximate surface area is 170 Å². The molecule has 0 aromatic heterocycles. The molecule has 2 aromatic rings. The van der Waals surface area contributed by atoms with Crippen molar-refractivity contribution in [2.24, 2.45) is 5.73 Å². The van der Waals surface area contributed by atoms with Crippen molar-refractivity contribution < 1.29 is 23.7 Å². The van der Waals surface area contributed by atoms with E-state index in [9.17, 15) is 5.26 Å². The number of nitrogens with two attached hydrogens (primary N) is 1. The molecule has 2 aromatic carbocycles. The van der Waals surface area contributed by atoms with E-state index < -0.39 is 5.92 Å². The fourth-order valence-corrected chi connectivity index (χ4v) is 3.92. The summed E-state index contributed by atoms with van der Waals surface area (Å²) in [5.74, 6) is 2.44. The third-order valence-electron chi connectivity index (χ3n) is 4.60. The normalized spacial score (nSPS) is 16.9. The second-order valence-electron chi connectivity index (χ2n) is 6.13. The van der Waals surface area contributed by atoms with E-state index in [1.54, 1.807) is 13.2 Å². The van der Waals surface area contributed by atoms with E-state index in [-0.39, 0.29) is 12.7 Å². The molecule has 0 saturated carbocycles. The standard InChI is InChI=1S/C20H17BrN2O5/c1-3-25-17-6-13(21)10(4-15(17)24-2)19-11-5-16-18(27-9-26-16)7-14(11)28-20(23)12(19)8-22/h4-7,19H,3,9,23H2,1-2H3. The Bertz CT molecular complexity index is 1030. The van der Waals surface area contributed by atoms with Crippen molar-refractivity contribution in [1.29, 1.82) is 5.26 Å². The first-order valence-electron chi connectivity index (χ1n) is 8.58. The molecule has 2 heterocycles. The number of benzene rings is 2. The van der Waals surface area contributed by atoms with Crippen LogP contribution < -0.4 is 29.4 Å². The van der Waals surface area contributed by atoms with Gasteiger partial charge in [0.25, 0.3) is 0 Å². The third-order valence-corrected chi connectivity index (χ3v) is 5.29. The van der Waals surface area contributed by atoms with Crippen LogP contribution in [0.15, 0.2) is 40.2 Å². The van der Waals surface area contributed by atoms with Crippen molar-refractivity contribution in [3.63, 3.8) is 0 Å². The number of halogens is 1. The number of rotatable bonds is 4. The molecule has 0 bridgehead atoms. The van der Waals surface area contributed by atoms with Crippen LogP contribution in [0, 0.1) is 11.3 Å². The average molecular weight is 445 g/mol. The summed E-state index contributed by atoms with van der Waals surface area (Å²) in [6, 6.07) is 9.39. The predicted molar refractivity (Wildman–Crippen MR) is 104 cm³/mol. The van der Waals surface area contributed by atoms with Crippen molar-refractivity contribution >= 4 is 15.9 Å². The third kappa shape index (κ3) is 2.88. The van der Waals surface area contributed by atoms with Gasteiger partial charge in [0.2, 0.25) is 12.7 Å². The fourth-order valence-electron chi connectivity index (χ4n) is 3.37. The highest BCUT2D eigenvalue weighted by Gasteiger charge is 2.35. The van der Waals surface area contributed by atoms with Crippen LogP contribution in [0.2, 0.25) is 0 Å². The summed E-state index contributed by atoms with van der Waals surface area (Å²) < 4.78 is 28.5. The lowest BCUT2D eigenvalue weighted by Gasteiger charge is -2.28. The molecule has 1 atom stereocenters. The Balaban J connectivity index is 1.93. The number of hydrogen-bond donors (Lipinski definition) is 1. The summed E-state index contributed by atoms with van der Waals surface area (Å²) in [4.78, 5) is 0. The minimum Gasteiger partial charge on any atom is -0.493 e. The number of hydrogen-bond acceptors (Lipinski definition) is 7. The summed E-state index contributed by atoms with van der Waals surface area (Å²) in [6.07, 6.45) is 0. The van der Waals surface area contributed by atoms with Gasteiger partial charge in [-0.1, -0.05) is 15.9 Å². The lowest BCUT2D eigenvalue weighted by atomic mass is 9.83. The largest absolute Gasteiger partial charge is 0.493 e. The van der Waals surface area contributed by atoms with E-state index in [0.717, 1.165) is 15.6 Å². The first-order valence-corrected chi connectivity index (χ1v) is 9.38. The molecular weight excluding hydrogens is 428 g/mol.